The number of likely N-dealkylation sites (tertiary alicyclic amines) is 1. The van der Waals surface area contributed by atoms with Crippen LogP contribution in [-0.2, 0) is 31.4 Å². The number of fused-ring (bicyclic) bond motifs is 4. The monoisotopic (exact) mass is 709 g/mol. The van der Waals surface area contributed by atoms with Gasteiger partial charge in [-0.15, -0.1) is 0 Å². The molecule has 0 unspecified atom stereocenters. The summed E-state index contributed by atoms with van der Waals surface area (Å²) in [6.07, 6.45) is 10.6. The summed E-state index contributed by atoms with van der Waals surface area (Å²) in [7, 11) is -2.28. The summed E-state index contributed by atoms with van der Waals surface area (Å²) in [5, 5.41) is -0.104. The fourth-order valence-corrected chi connectivity index (χ4v) is 10.2. The van der Waals surface area contributed by atoms with Crippen LogP contribution in [0.2, 0.25) is 5.02 Å². The molecule has 9 nitrogen and oxygen atoms in total. The fourth-order valence-electron chi connectivity index (χ4n) is 8.75. The molecule has 1 saturated heterocycles. The Kier molecular flexibility index (Phi) is 9.28. The number of aryl methyl sites for hydroxylation is 1. The third-order valence-electron chi connectivity index (χ3n) is 12.2. The van der Waals surface area contributed by atoms with Gasteiger partial charge in [-0.1, -0.05) is 36.7 Å². The minimum atomic E-state index is -3.99. The van der Waals surface area contributed by atoms with E-state index in [2.05, 4.69) is 21.8 Å². The van der Waals surface area contributed by atoms with Crippen molar-refractivity contribution in [1.29, 1.82) is 0 Å². The predicted molar refractivity (Wildman–Crippen MR) is 191 cm³/mol. The van der Waals surface area contributed by atoms with E-state index in [1.165, 1.54) is 11.1 Å². The van der Waals surface area contributed by atoms with Gasteiger partial charge in [-0.05, 0) is 111 Å². The number of hydrogen-bond donors (Lipinski definition) is 1. The van der Waals surface area contributed by atoms with Gasteiger partial charge in [0, 0.05) is 49.3 Å². The van der Waals surface area contributed by atoms with Crippen LogP contribution < -0.4 is 14.4 Å². The van der Waals surface area contributed by atoms with Crippen LogP contribution >= 0.6 is 11.6 Å². The maximum absolute atomic E-state index is 13.6. The molecule has 0 aromatic heterocycles. The van der Waals surface area contributed by atoms with Crippen molar-refractivity contribution in [3.8, 4) is 5.75 Å². The first-order valence-corrected chi connectivity index (χ1v) is 19.7. The van der Waals surface area contributed by atoms with Gasteiger partial charge in [0.05, 0.1) is 29.6 Å². The van der Waals surface area contributed by atoms with Crippen LogP contribution in [0.1, 0.15) is 80.3 Å². The molecule has 5 aliphatic rings. The summed E-state index contributed by atoms with van der Waals surface area (Å²) in [5.41, 5.74) is 2.41. The number of ether oxygens (including phenoxy) is 2. The highest BCUT2D eigenvalue weighted by Gasteiger charge is 2.50. The molecule has 1 saturated carbocycles. The quantitative estimate of drug-likeness (QED) is 0.397. The molecule has 2 bridgehead atoms. The number of allylic oxidation sites excluding steroid dienone is 1. The van der Waals surface area contributed by atoms with Crippen LogP contribution in [0.5, 0.6) is 5.75 Å². The van der Waals surface area contributed by atoms with Crippen molar-refractivity contribution in [3.05, 3.63) is 70.3 Å². The normalized spacial score (nSPS) is 33.1. The van der Waals surface area contributed by atoms with Crippen LogP contribution in [0, 0.1) is 17.8 Å². The van der Waals surface area contributed by atoms with Gasteiger partial charge < -0.3 is 19.3 Å². The Hall–Kier alpha value is -3.08. The van der Waals surface area contributed by atoms with E-state index in [4.69, 9.17) is 21.1 Å². The minimum absolute atomic E-state index is 0.0795. The van der Waals surface area contributed by atoms with Gasteiger partial charge in [-0.3, -0.25) is 9.59 Å². The molecule has 2 aromatic rings. The Morgan fingerprint density at radius 3 is 2.65 bits per heavy atom. The number of carbonyl (C=O) groups excluding carboxylic acids is 2. The summed E-state index contributed by atoms with van der Waals surface area (Å²) < 4.78 is 42.3. The van der Waals surface area contributed by atoms with E-state index in [0.717, 1.165) is 62.3 Å². The molecule has 1 N–H and O–H groups in total. The largest absolute Gasteiger partial charge is 0.490 e. The van der Waals surface area contributed by atoms with E-state index in [-0.39, 0.29) is 41.1 Å². The highest BCUT2D eigenvalue weighted by molar-refractivity contribution is 7.90. The van der Waals surface area contributed by atoms with Gasteiger partial charge in [0.2, 0.25) is 15.9 Å². The Labute approximate surface area is 295 Å². The summed E-state index contributed by atoms with van der Waals surface area (Å²) >= 11 is 6.46. The second-order valence-electron chi connectivity index (χ2n) is 15.1. The molecule has 6 atom stereocenters. The number of sulfonamides is 1. The third-order valence-corrected chi connectivity index (χ3v) is 14.4. The zero-order chi connectivity index (χ0) is 34.6. The van der Waals surface area contributed by atoms with Crippen LogP contribution in [0.25, 0.3) is 0 Å². The van der Waals surface area contributed by atoms with Crippen LogP contribution in [0.3, 0.4) is 0 Å². The van der Waals surface area contributed by atoms with E-state index < -0.39 is 26.8 Å². The van der Waals surface area contributed by atoms with Crippen LogP contribution in [-0.4, -0.2) is 75.9 Å². The number of benzene rings is 2. The Morgan fingerprint density at radius 2 is 1.94 bits per heavy atom. The lowest BCUT2D eigenvalue weighted by Gasteiger charge is -2.51. The lowest BCUT2D eigenvalue weighted by molar-refractivity contribution is -0.146. The van der Waals surface area contributed by atoms with Crippen molar-refractivity contribution in [2.24, 2.45) is 17.8 Å². The number of carbonyl (C=O) groups is 2. The van der Waals surface area contributed by atoms with Crippen molar-refractivity contribution >= 4 is 39.1 Å². The van der Waals surface area contributed by atoms with Crippen molar-refractivity contribution in [1.82, 2.24) is 9.62 Å². The average molecular weight is 710 g/mol. The first kappa shape index (κ1) is 34.4. The van der Waals surface area contributed by atoms with Gasteiger partial charge in [0.25, 0.3) is 5.91 Å². The van der Waals surface area contributed by atoms with Crippen molar-refractivity contribution < 1.29 is 27.5 Å². The molecule has 2 fully saturated rings. The zero-order valence-electron chi connectivity index (χ0n) is 28.8. The Bertz CT molecular complexity index is 1760. The lowest BCUT2D eigenvalue weighted by Crippen LogP contribution is -2.55. The Balaban J connectivity index is 1.32. The number of amides is 2. The highest BCUT2D eigenvalue weighted by atomic mass is 35.5. The van der Waals surface area contributed by atoms with E-state index in [9.17, 15) is 18.0 Å². The lowest BCUT2D eigenvalue weighted by atomic mass is 9.62. The summed E-state index contributed by atoms with van der Waals surface area (Å²) in [4.78, 5) is 31.4. The maximum Gasteiger partial charge on any atom is 0.264 e. The smallest absolute Gasteiger partial charge is 0.264 e. The average Bonchev–Trinajstić information content (AvgIpc) is 3.17. The van der Waals surface area contributed by atoms with Crippen LogP contribution in [0.15, 0.2) is 48.6 Å². The van der Waals surface area contributed by atoms with Crippen molar-refractivity contribution in [3.63, 3.8) is 0 Å². The van der Waals surface area contributed by atoms with Gasteiger partial charge in [0.1, 0.15) is 5.75 Å². The van der Waals surface area contributed by atoms with E-state index in [1.807, 2.05) is 30.0 Å². The minimum Gasteiger partial charge on any atom is -0.490 e. The number of hydrogen-bond acceptors (Lipinski definition) is 7. The van der Waals surface area contributed by atoms with Gasteiger partial charge in [0.15, 0.2) is 0 Å². The molecular formula is C38H48ClN3O6S. The first-order valence-electron chi connectivity index (χ1n) is 17.8. The predicted octanol–water partition coefficient (Wildman–Crippen LogP) is 5.89. The SMILES string of the molecule is CO[C@@]1(CC(=O)N2CCC2)/C=C\C[C@H](C)[C@@H](C)S(=O)(=O)NC(=O)c2ccc3c(c2)N(C[C@@H]2CC[C@H]21)C[C@@]1(CCCc2cc(Cl)ccc21)CO3. The maximum atomic E-state index is 13.6. The second kappa shape index (κ2) is 13.2. The number of nitrogens with zero attached hydrogens (tertiary/aromatic N) is 2. The molecule has 2 aliphatic carbocycles. The molecule has 264 valence electrons. The number of halogens is 1. The van der Waals surface area contributed by atoms with Crippen molar-refractivity contribution in [2.75, 3.05) is 44.8 Å². The van der Waals surface area contributed by atoms with E-state index in [0.29, 0.717) is 31.9 Å². The van der Waals surface area contributed by atoms with Gasteiger partial charge in [-0.2, -0.15) is 0 Å². The molecule has 49 heavy (non-hydrogen) atoms. The molecule has 2 aromatic carbocycles. The molecule has 3 heterocycles. The molecule has 3 aliphatic heterocycles. The number of rotatable bonds is 3. The Morgan fingerprint density at radius 1 is 1.12 bits per heavy atom. The third kappa shape index (κ3) is 6.38. The standard InChI is InChI=1S/C38H48ClN3O6S/c1-25-7-4-16-38(47-3,21-35(43)41-17-6-18-41)32-12-9-29(32)22-42-23-37(15-5-8-27-19-30(39)11-13-31(27)37)24-48-34-14-10-28(20-33(34)42)36(44)40-49(45,46)26(25)2/h4,10-11,13-14,16,19-20,25-26,29,32H,5-9,12,15,17-18,21-24H2,1-3H3,(H,40,44)/b16-4-/t25-,26+,29-,32+,37-,38+/m0/s1. The molecule has 7 rings (SSSR count). The number of anilines is 1. The number of nitrogens with one attached hydrogen (secondary N) is 1. The summed E-state index contributed by atoms with van der Waals surface area (Å²) in [6.45, 7) is 6.88. The summed E-state index contributed by atoms with van der Waals surface area (Å²) in [6, 6.07) is 11.4. The van der Waals surface area contributed by atoms with Crippen LogP contribution in [0.4, 0.5) is 5.69 Å². The van der Waals surface area contributed by atoms with Gasteiger partial charge in [-0.25, -0.2) is 13.1 Å². The fraction of sp³-hybridized carbons (Fsp3) is 0.579. The topological polar surface area (TPSA) is 105 Å². The number of methoxy groups -OCH3 is 1. The second-order valence-corrected chi connectivity index (χ2v) is 17.6. The van der Waals surface area contributed by atoms with E-state index in [1.54, 1.807) is 32.2 Å². The van der Waals surface area contributed by atoms with Crippen molar-refractivity contribution in [2.45, 2.75) is 81.5 Å². The molecule has 0 radical (unpaired) electrons. The molecule has 11 heteroatoms. The zero-order valence-corrected chi connectivity index (χ0v) is 30.3. The van der Waals surface area contributed by atoms with E-state index >= 15 is 0 Å². The first-order chi connectivity index (χ1) is 23.4. The highest BCUT2D eigenvalue weighted by Crippen LogP contribution is 2.50. The molecule has 2 amide bonds. The molecule has 1 spiro atoms. The summed E-state index contributed by atoms with van der Waals surface area (Å²) in [5.74, 6) is 0.127. The van der Waals surface area contributed by atoms with Gasteiger partial charge >= 0.3 is 0 Å². The molecular weight excluding hydrogens is 662 g/mol.